The van der Waals surface area contributed by atoms with Crippen LogP contribution in [0.25, 0.3) is 11.7 Å². The van der Waals surface area contributed by atoms with Crippen molar-refractivity contribution in [1.82, 2.24) is 14.3 Å². The average molecular weight is 485 g/mol. The fraction of sp³-hybridized carbons (Fsp3) is 0.217. The van der Waals surface area contributed by atoms with Crippen molar-refractivity contribution >= 4 is 51.7 Å². The molecule has 1 amide bonds. The van der Waals surface area contributed by atoms with Crippen LogP contribution in [0.2, 0.25) is 0 Å². The summed E-state index contributed by atoms with van der Waals surface area (Å²) in [5.41, 5.74) is 1.23. The second kappa shape index (κ2) is 10.2. The van der Waals surface area contributed by atoms with Crippen molar-refractivity contribution in [3.8, 4) is 0 Å². The molecule has 2 aromatic heterocycles. The Bertz CT molecular complexity index is 1290. The van der Waals surface area contributed by atoms with Crippen LogP contribution < -0.4 is 10.9 Å². The fourth-order valence-electron chi connectivity index (χ4n) is 3.33. The first-order valence-electron chi connectivity index (χ1n) is 10.2. The van der Waals surface area contributed by atoms with E-state index in [-0.39, 0.29) is 29.4 Å². The molecule has 4 rings (SSSR count). The molecule has 3 heterocycles. The summed E-state index contributed by atoms with van der Waals surface area (Å²) in [5.74, 6) is -0.262. The fourth-order valence-corrected chi connectivity index (χ4v) is 4.57. The monoisotopic (exact) mass is 484 g/mol. The van der Waals surface area contributed by atoms with E-state index in [9.17, 15) is 14.0 Å². The number of fused-ring (bicyclic) bond motifs is 1. The van der Waals surface area contributed by atoms with E-state index in [4.69, 9.17) is 17.0 Å². The molecule has 33 heavy (non-hydrogen) atoms. The molecule has 1 N–H and O–H groups in total. The molecule has 0 radical (unpaired) electrons. The number of benzene rings is 1. The van der Waals surface area contributed by atoms with Crippen LogP contribution in [0.1, 0.15) is 17.5 Å². The minimum Gasteiger partial charge on any atom is -0.385 e. The Kier molecular flexibility index (Phi) is 7.17. The third-order valence-electron chi connectivity index (χ3n) is 4.99. The molecule has 0 saturated carbocycles. The molecular weight excluding hydrogens is 463 g/mol. The number of ether oxygens (including phenoxy) is 1. The van der Waals surface area contributed by atoms with Gasteiger partial charge in [0.25, 0.3) is 11.5 Å². The molecule has 0 unspecified atom stereocenters. The van der Waals surface area contributed by atoms with Crippen LogP contribution in [0.4, 0.5) is 10.2 Å². The number of thiocarbonyl (C=S) groups is 1. The lowest BCUT2D eigenvalue weighted by molar-refractivity contribution is -0.122. The summed E-state index contributed by atoms with van der Waals surface area (Å²) in [7, 11) is 1.63. The Morgan fingerprint density at radius 1 is 1.21 bits per heavy atom. The molecule has 1 fully saturated rings. The first-order valence-corrected chi connectivity index (χ1v) is 11.4. The molecule has 1 saturated heterocycles. The normalized spacial score (nSPS) is 15.1. The van der Waals surface area contributed by atoms with Crippen molar-refractivity contribution in [3.05, 3.63) is 80.9 Å². The number of pyridine rings is 1. The largest absolute Gasteiger partial charge is 0.385 e. The number of carbonyl (C=O) groups excluding carboxylic acids is 1. The number of aromatic nitrogens is 2. The highest BCUT2D eigenvalue weighted by Gasteiger charge is 2.32. The van der Waals surface area contributed by atoms with Gasteiger partial charge in [0.2, 0.25) is 0 Å². The lowest BCUT2D eigenvalue weighted by atomic mass is 10.2. The van der Waals surface area contributed by atoms with Crippen LogP contribution in [0, 0.1) is 5.82 Å². The standard InChI is InChI=1S/C23H21FN4O3S2/c1-31-12-4-10-25-20-17(21(29)27-11-3-2-5-19(27)26-20)13-18-22(30)28(23(32)33-18)14-15-6-8-16(24)9-7-15/h2-3,5-9,11,13,25H,4,10,12,14H2,1H3. The van der Waals surface area contributed by atoms with E-state index in [0.29, 0.717) is 33.8 Å². The number of hydrogen-bond acceptors (Lipinski definition) is 7. The highest BCUT2D eigenvalue weighted by molar-refractivity contribution is 8.26. The summed E-state index contributed by atoms with van der Waals surface area (Å²) >= 11 is 6.53. The smallest absolute Gasteiger partial charge is 0.267 e. The maximum atomic E-state index is 13.2. The summed E-state index contributed by atoms with van der Waals surface area (Å²) in [6, 6.07) is 11.2. The van der Waals surface area contributed by atoms with Gasteiger partial charge >= 0.3 is 0 Å². The molecule has 0 spiro atoms. The van der Waals surface area contributed by atoms with E-state index < -0.39 is 0 Å². The van der Waals surface area contributed by atoms with Gasteiger partial charge in [-0.05, 0) is 42.3 Å². The highest BCUT2D eigenvalue weighted by atomic mass is 32.2. The number of methoxy groups -OCH3 is 1. The zero-order valence-corrected chi connectivity index (χ0v) is 19.4. The van der Waals surface area contributed by atoms with Crippen LogP contribution in [0.15, 0.2) is 58.4 Å². The average Bonchev–Trinajstić information content (AvgIpc) is 3.07. The van der Waals surface area contributed by atoms with E-state index in [2.05, 4.69) is 10.3 Å². The number of rotatable bonds is 8. The lowest BCUT2D eigenvalue weighted by Gasteiger charge is -2.14. The number of nitrogens with zero attached hydrogens (tertiary/aromatic N) is 3. The van der Waals surface area contributed by atoms with Gasteiger partial charge in [0.05, 0.1) is 17.0 Å². The predicted octanol–water partition coefficient (Wildman–Crippen LogP) is 3.68. The first-order chi connectivity index (χ1) is 16.0. The third-order valence-corrected chi connectivity index (χ3v) is 6.37. The number of halogens is 1. The highest BCUT2D eigenvalue weighted by Crippen LogP contribution is 2.34. The van der Waals surface area contributed by atoms with Gasteiger partial charge in [-0.1, -0.05) is 42.2 Å². The predicted molar refractivity (Wildman–Crippen MR) is 132 cm³/mol. The summed E-state index contributed by atoms with van der Waals surface area (Å²) in [4.78, 5) is 32.7. The van der Waals surface area contributed by atoms with E-state index in [1.165, 1.54) is 27.5 Å². The van der Waals surface area contributed by atoms with Crippen molar-refractivity contribution in [2.24, 2.45) is 0 Å². The summed E-state index contributed by atoms with van der Waals surface area (Å²) < 4.78 is 20.1. The van der Waals surface area contributed by atoms with Crippen LogP contribution >= 0.6 is 24.0 Å². The van der Waals surface area contributed by atoms with Crippen LogP contribution in [0.3, 0.4) is 0 Å². The van der Waals surface area contributed by atoms with Gasteiger partial charge in [0.1, 0.15) is 21.6 Å². The van der Waals surface area contributed by atoms with Gasteiger partial charge in [-0.2, -0.15) is 0 Å². The first kappa shape index (κ1) is 23.1. The van der Waals surface area contributed by atoms with E-state index in [1.807, 2.05) is 0 Å². The molecule has 1 aliphatic rings. The molecular formula is C23H21FN4O3S2. The van der Waals surface area contributed by atoms with Gasteiger partial charge in [-0.3, -0.25) is 18.9 Å². The molecule has 10 heteroatoms. The molecule has 0 bridgehead atoms. The Hall–Kier alpha value is -3.08. The van der Waals surface area contributed by atoms with Gasteiger partial charge < -0.3 is 10.1 Å². The van der Waals surface area contributed by atoms with Crippen molar-refractivity contribution in [1.29, 1.82) is 0 Å². The number of carbonyl (C=O) groups is 1. The molecule has 0 atom stereocenters. The second-order valence-corrected chi connectivity index (χ2v) is 8.95. The number of anilines is 1. The molecule has 170 valence electrons. The molecule has 7 nitrogen and oxygen atoms in total. The SMILES string of the molecule is COCCCNc1nc2ccccn2c(=O)c1C=C1SC(=S)N(Cc2ccc(F)cc2)C1=O. The Morgan fingerprint density at radius 3 is 2.76 bits per heavy atom. The molecule has 1 aromatic carbocycles. The number of thioether (sulfide) groups is 1. The van der Waals surface area contributed by atoms with Gasteiger partial charge in [0, 0.05) is 26.5 Å². The second-order valence-electron chi connectivity index (χ2n) is 7.28. The zero-order chi connectivity index (χ0) is 23.4. The van der Waals surface area contributed by atoms with E-state index >= 15 is 0 Å². The van der Waals surface area contributed by atoms with Gasteiger partial charge in [-0.25, -0.2) is 9.37 Å². The maximum Gasteiger partial charge on any atom is 0.267 e. The van der Waals surface area contributed by atoms with Gasteiger partial charge in [-0.15, -0.1) is 0 Å². The number of amides is 1. The van der Waals surface area contributed by atoms with Crippen molar-refractivity contribution in [3.63, 3.8) is 0 Å². The minimum absolute atomic E-state index is 0.222. The maximum absolute atomic E-state index is 13.2. The Balaban J connectivity index is 1.67. The number of nitrogens with one attached hydrogen (secondary N) is 1. The molecule has 0 aliphatic carbocycles. The Morgan fingerprint density at radius 2 is 2.00 bits per heavy atom. The molecule has 3 aromatic rings. The van der Waals surface area contributed by atoms with Crippen molar-refractivity contribution in [2.45, 2.75) is 13.0 Å². The topological polar surface area (TPSA) is 75.9 Å². The van der Waals surface area contributed by atoms with E-state index in [1.54, 1.807) is 43.6 Å². The summed E-state index contributed by atoms with van der Waals surface area (Å²) in [6.45, 7) is 1.34. The van der Waals surface area contributed by atoms with Gasteiger partial charge in [0.15, 0.2) is 0 Å². The van der Waals surface area contributed by atoms with Crippen LogP contribution in [0.5, 0.6) is 0 Å². The van der Waals surface area contributed by atoms with Crippen molar-refractivity contribution in [2.75, 3.05) is 25.6 Å². The zero-order valence-electron chi connectivity index (χ0n) is 17.8. The molecule has 1 aliphatic heterocycles. The quantitative estimate of drug-likeness (QED) is 0.297. The lowest BCUT2D eigenvalue weighted by Crippen LogP contribution is -2.27. The van der Waals surface area contributed by atoms with Crippen molar-refractivity contribution < 1.29 is 13.9 Å². The van der Waals surface area contributed by atoms with Crippen LogP contribution in [-0.2, 0) is 16.1 Å². The summed E-state index contributed by atoms with van der Waals surface area (Å²) in [5, 5.41) is 3.19. The minimum atomic E-state index is -0.348. The number of hydrogen-bond donors (Lipinski definition) is 1. The van der Waals surface area contributed by atoms with Crippen LogP contribution in [-0.4, -0.2) is 44.8 Å². The summed E-state index contributed by atoms with van der Waals surface area (Å²) in [6.07, 6.45) is 3.90. The van der Waals surface area contributed by atoms with E-state index in [0.717, 1.165) is 23.7 Å². The third kappa shape index (κ3) is 5.13. The Labute approximate surface area is 199 Å².